The van der Waals surface area contributed by atoms with Crippen LogP contribution in [0.3, 0.4) is 0 Å². The molecule has 1 aromatic carbocycles. The molecule has 1 aliphatic rings. The van der Waals surface area contributed by atoms with Crippen LogP contribution in [-0.4, -0.2) is 43.4 Å². The molecular formula is C14H19ClN2O. The van der Waals surface area contributed by atoms with Crippen LogP contribution in [0.15, 0.2) is 18.2 Å². The molecule has 1 heterocycles. The van der Waals surface area contributed by atoms with Crippen molar-refractivity contribution in [1.82, 2.24) is 4.90 Å². The van der Waals surface area contributed by atoms with E-state index in [4.69, 9.17) is 11.6 Å². The fraction of sp³-hybridized carbons (Fsp3) is 0.500. The molecule has 4 heteroatoms. The van der Waals surface area contributed by atoms with Gasteiger partial charge in [-0.2, -0.15) is 0 Å². The zero-order valence-electron chi connectivity index (χ0n) is 11.1. The van der Waals surface area contributed by atoms with Crippen molar-refractivity contribution in [3.05, 3.63) is 28.8 Å². The number of hydrogen-bond donors (Lipinski definition) is 0. The summed E-state index contributed by atoms with van der Waals surface area (Å²) in [5, 5.41) is 0.666. The number of likely N-dealkylation sites (N-methyl/N-ethyl adjacent to an activating group) is 1. The zero-order valence-corrected chi connectivity index (χ0v) is 11.9. The average molecular weight is 267 g/mol. The molecule has 2 rings (SSSR count). The molecule has 0 bridgehead atoms. The van der Waals surface area contributed by atoms with Crippen LogP contribution in [0.2, 0.25) is 5.02 Å². The fourth-order valence-corrected chi connectivity index (χ4v) is 2.55. The largest absolute Gasteiger partial charge is 0.367 e. The third-order valence-electron chi connectivity index (χ3n) is 3.65. The first-order valence-corrected chi connectivity index (χ1v) is 6.62. The molecule has 0 radical (unpaired) electrons. The minimum atomic E-state index is 0.0511. The van der Waals surface area contributed by atoms with E-state index in [0.29, 0.717) is 16.6 Å². The second-order valence-electron chi connectivity index (χ2n) is 5.00. The summed E-state index contributed by atoms with van der Waals surface area (Å²) in [6.07, 6.45) is 0. The molecule has 18 heavy (non-hydrogen) atoms. The number of anilines is 1. The Balaban J connectivity index is 2.21. The SMILES string of the molecule is CC(=O)c1ccc(N2CCN(C)C(C)C2)c(Cl)c1. The van der Waals surface area contributed by atoms with Gasteiger partial charge in [0, 0.05) is 31.2 Å². The van der Waals surface area contributed by atoms with Gasteiger partial charge in [0.05, 0.1) is 10.7 Å². The van der Waals surface area contributed by atoms with Gasteiger partial charge < -0.3 is 9.80 Å². The molecule has 0 aromatic heterocycles. The van der Waals surface area contributed by atoms with Gasteiger partial charge in [0.25, 0.3) is 0 Å². The summed E-state index contributed by atoms with van der Waals surface area (Å²) >= 11 is 6.28. The topological polar surface area (TPSA) is 23.6 Å². The Morgan fingerprint density at radius 3 is 2.67 bits per heavy atom. The second-order valence-corrected chi connectivity index (χ2v) is 5.41. The molecule has 1 fully saturated rings. The predicted octanol–water partition coefficient (Wildman–Crippen LogP) is 2.68. The number of Topliss-reactive ketones (excluding diaryl/α,β-unsaturated/α-hetero) is 1. The Hall–Kier alpha value is -1.06. The van der Waals surface area contributed by atoms with Crippen LogP contribution in [-0.2, 0) is 0 Å². The first-order chi connectivity index (χ1) is 8.49. The smallest absolute Gasteiger partial charge is 0.159 e. The Morgan fingerprint density at radius 2 is 2.11 bits per heavy atom. The van der Waals surface area contributed by atoms with Crippen LogP contribution >= 0.6 is 11.6 Å². The van der Waals surface area contributed by atoms with E-state index in [2.05, 4.69) is 23.8 Å². The predicted molar refractivity (Wildman–Crippen MR) is 75.8 cm³/mol. The molecule has 0 spiro atoms. The van der Waals surface area contributed by atoms with Crippen molar-refractivity contribution in [2.75, 3.05) is 31.6 Å². The third-order valence-corrected chi connectivity index (χ3v) is 3.96. The lowest BCUT2D eigenvalue weighted by molar-refractivity contribution is 0.101. The molecule has 1 saturated heterocycles. The highest BCUT2D eigenvalue weighted by molar-refractivity contribution is 6.33. The quantitative estimate of drug-likeness (QED) is 0.769. The van der Waals surface area contributed by atoms with E-state index in [9.17, 15) is 4.79 Å². The number of nitrogens with zero attached hydrogens (tertiary/aromatic N) is 2. The van der Waals surface area contributed by atoms with Crippen LogP contribution in [0, 0.1) is 0 Å². The number of carbonyl (C=O) groups excluding carboxylic acids is 1. The first kappa shape index (κ1) is 13.4. The van der Waals surface area contributed by atoms with E-state index in [0.717, 1.165) is 25.3 Å². The van der Waals surface area contributed by atoms with Crippen molar-refractivity contribution in [1.29, 1.82) is 0 Å². The summed E-state index contributed by atoms with van der Waals surface area (Å²) in [5.74, 6) is 0.0511. The highest BCUT2D eigenvalue weighted by Crippen LogP contribution is 2.28. The summed E-state index contributed by atoms with van der Waals surface area (Å²) < 4.78 is 0. The van der Waals surface area contributed by atoms with E-state index in [1.807, 2.05) is 12.1 Å². The van der Waals surface area contributed by atoms with Crippen LogP contribution < -0.4 is 4.90 Å². The molecule has 0 aliphatic carbocycles. The maximum atomic E-state index is 11.3. The Labute approximate surface area is 113 Å². The average Bonchev–Trinajstić information content (AvgIpc) is 2.32. The minimum absolute atomic E-state index is 0.0511. The van der Waals surface area contributed by atoms with E-state index < -0.39 is 0 Å². The van der Waals surface area contributed by atoms with Crippen molar-refractivity contribution in [3.63, 3.8) is 0 Å². The van der Waals surface area contributed by atoms with Gasteiger partial charge in [-0.25, -0.2) is 0 Å². The summed E-state index contributed by atoms with van der Waals surface area (Å²) in [6, 6.07) is 6.09. The molecule has 0 saturated carbocycles. The summed E-state index contributed by atoms with van der Waals surface area (Å²) in [4.78, 5) is 15.9. The lowest BCUT2D eigenvalue weighted by Crippen LogP contribution is -2.50. The van der Waals surface area contributed by atoms with E-state index >= 15 is 0 Å². The van der Waals surface area contributed by atoms with Crippen molar-refractivity contribution < 1.29 is 4.79 Å². The molecule has 1 aromatic rings. The fourth-order valence-electron chi connectivity index (χ4n) is 2.25. The standard InChI is InChI=1S/C14H19ClN2O/c1-10-9-17(7-6-16(10)3)14-5-4-12(11(2)18)8-13(14)15/h4-5,8,10H,6-7,9H2,1-3H3. The maximum Gasteiger partial charge on any atom is 0.159 e. The molecule has 1 atom stereocenters. The van der Waals surface area contributed by atoms with Crippen molar-refractivity contribution in [2.24, 2.45) is 0 Å². The van der Waals surface area contributed by atoms with Crippen molar-refractivity contribution in [3.8, 4) is 0 Å². The molecular weight excluding hydrogens is 248 g/mol. The highest BCUT2D eigenvalue weighted by atomic mass is 35.5. The van der Waals surface area contributed by atoms with Gasteiger partial charge in [0.15, 0.2) is 5.78 Å². The number of benzene rings is 1. The van der Waals surface area contributed by atoms with Gasteiger partial charge >= 0.3 is 0 Å². The molecule has 0 N–H and O–H groups in total. The summed E-state index contributed by atoms with van der Waals surface area (Å²) in [7, 11) is 2.14. The zero-order chi connectivity index (χ0) is 13.3. The van der Waals surface area contributed by atoms with Crippen molar-refractivity contribution >= 4 is 23.1 Å². The number of carbonyl (C=O) groups is 1. The van der Waals surface area contributed by atoms with Crippen LogP contribution in [0.25, 0.3) is 0 Å². The summed E-state index contributed by atoms with van der Waals surface area (Å²) in [6.45, 7) is 6.74. The van der Waals surface area contributed by atoms with Crippen LogP contribution in [0.4, 0.5) is 5.69 Å². The van der Waals surface area contributed by atoms with E-state index in [1.54, 1.807) is 13.0 Å². The monoisotopic (exact) mass is 266 g/mol. The number of rotatable bonds is 2. The Kier molecular flexibility index (Phi) is 3.93. The number of piperazine rings is 1. The van der Waals surface area contributed by atoms with Gasteiger partial charge in [0.2, 0.25) is 0 Å². The molecule has 1 unspecified atom stereocenters. The molecule has 98 valence electrons. The molecule has 1 aliphatic heterocycles. The lowest BCUT2D eigenvalue weighted by atomic mass is 10.1. The highest BCUT2D eigenvalue weighted by Gasteiger charge is 2.22. The van der Waals surface area contributed by atoms with Crippen LogP contribution in [0.5, 0.6) is 0 Å². The van der Waals surface area contributed by atoms with E-state index in [-0.39, 0.29) is 5.78 Å². The Bertz CT molecular complexity index is 461. The first-order valence-electron chi connectivity index (χ1n) is 6.24. The number of ketones is 1. The third kappa shape index (κ3) is 2.68. The van der Waals surface area contributed by atoms with Gasteiger partial charge in [-0.1, -0.05) is 11.6 Å². The summed E-state index contributed by atoms with van der Waals surface area (Å²) in [5.41, 5.74) is 1.70. The minimum Gasteiger partial charge on any atom is -0.367 e. The van der Waals surface area contributed by atoms with Gasteiger partial charge in [-0.3, -0.25) is 4.79 Å². The van der Waals surface area contributed by atoms with Gasteiger partial charge in [0.1, 0.15) is 0 Å². The second kappa shape index (κ2) is 5.29. The number of hydrogen-bond acceptors (Lipinski definition) is 3. The Morgan fingerprint density at radius 1 is 1.39 bits per heavy atom. The maximum absolute atomic E-state index is 11.3. The number of halogens is 1. The van der Waals surface area contributed by atoms with Gasteiger partial charge in [-0.05, 0) is 39.1 Å². The molecule has 0 amide bonds. The van der Waals surface area contributed by atoms with E-state index in [1.165, 1.54) is 0 Å². The molecule has 3 nitrogen and oxygen atoms in total. The lowest BCUT2D eigenvalue weighted by Gasteiger charge is -2.39. The van der Waals surface area contributed by atoms with Crippen molar-refractivity contribution in [2.45, 2.75) is 19.9 Å². The van der Waals surface area contributed by atoms with Crippen LogP contribution in [0.1, 0.15) is 24.2 Å². The van der Waals surface area contributed by atoms with Gasteiger partial charge in [-0.15, -0.1) is 0 Å². The normalized spacial score (nSPS) is 21.1.